The summed E-state index contributed by atoms with van der Waals surface area (Å²) in [7, 11) is 0. The fourth-order valence-electron chi connectivity index (χ4n) is 3.86. The molecule has 0 bridgehead atoms. The minimum atomic E-state index is 0.0802. The van der Waals surface area contributed by atoms with Gasteiger partial charge in [0.2, 0.25) is 5.95 Å². The molecule has 3 heterocycles. The normalized spacial score (nSPS) is 10.9. The van der Waals surface area contributed by atoms with E-state index >= 15 is 0 Å². The number of nitrogens with one attached hydrogen (secondary N) is 2. The quantitative estimate of drug-likeness (QED) is 0.177. The number of pyridine rings is 1. The van der Waals surface area contributed by atoms with Gasteiger partial charge < -0.3 is 20.1 Å². The van der Waals surface area contributed by atoms with Crippen LogP contribution in [0.2, 0.25) is 10.0 Å². The van der Waals surface area contributed by atoms with Crippen LogP contribution in [0.3, 0.4) is 0 Å². The van der Waals surface area contributed by atoms with Crippen LogP contribution < -0.4 is 10.1 Å². The standard InChI is InChI=1S/C28H24Cl2N6O2/c29-21-15-31-16-22(30)24(21)27-35-25(26(36-27)23-10-12-33-28(34-23)32-11-5-13-37)19-8-4-9-20(14-19)38-17-18-6-2-1-3-7-18/h1-4,6-10,12,14-16,37H,5,11,13,17H2,(H,35,36)(H,32,33,34). The number of hydrogen-bond acceptors (Lipinski definition) is 7. The number of imidazole rings is 1. The van der Waals surface area contributed by atoms with Crippen molar-refractivity contribution in [3.63, 3.8) is 0 Å². The van der Waals surface area contributed by atoms with Crippen molar-refractivity contribution in [1.82, 2.24) is 24.9 Å². The number of hydrogen-bond donors (Lipinski definition) is 3. The van der Waals surface area contributed by atoms with Crippen molar-refractivity contribution in [3.8, 4) is 39.8 Å². The monoisotopic (exact) mass is 546 g/mol. The van der Waals surface area contributed by atoms with E-state index in [4.69, 9.17) is 38.0 Å². The molecule has 0 radical (unpaired) electrons. The zero-order valence-electron chi connectivity index (χ0n) is 20.2. The molecule has 2 aromatic carbocycles. The molecule has 5 aromatic rings. The smallest absolute Gasteiger partial charge is 0.223 e. The lowest BCUT2D eigenvalue weighted by atomic mass is 10.1. The van der Waals surface area contributed by atoms with Crippen LogP contribution in [-0.4, -0.2) is 43.2 Å². The van der Waals surface area contributed by atoms with Gasteiger partial charge in [0.1, 0.15) is 18.2 Å². The Kier molecular flexibility index (Phi) is 8.13. The Balaban J connectivity index is 1.55. The minimum absolute atomic E-state index is 0.0802. The highest BCUT2D eigenvalue weighted by Crippen LogP contribution is 2.38. The van der Waals surface area contributed by atoms with Crippen LogP contribution in [0.4, 0.5) is 5.95 Å². The average molecular weight is 547 g/mol. The number of rotatable bonds is 10. The van der Waals surface area contributed by atoms with Crippen LogP contribution in [0.1, 0.15) is 12.0 Å². The van der Waals surface area contributed by atoms with Gasteiger partial charge in [0.15, 0.2) is 0 Å². The number of anilines is 1. The molecular formula is C28H24Cl2N6O2. The number of H-pyrrole nitrogens is 1. The molecule has 0 aliphatic heterocycles. The van der Waals surface area contributed by atoms with E-state index in [1.165, 1.54) is 12.4 Å². The molecule has 192 valence electrons. The largest absolute Gasteiger partial charge is 0.489 e. The van der Waals surface area contributed by atoms with Crippen LogP contribution in [0, 0.1) is 0 Å². The zero-order chi connectivity index (χ0) is 26.3. The van der Waals surface area contributed by atoms with E-state index in [9.17, 15) is 0 Å². The summed E-state index contributed by atoms with van der Waals surface area (Å²) in [6.07, 6.45) is 5.30. The van der Waals surface area contributed by atoms with E-state index in [1.807, 2.05) is 54.6 Å². The van der Waals surface area contributed by atoms with Gasteiger partial charge in [-0.15, -0.1) is 0 Å². The van der Waals surface area contributed by atoms with Gasteiger partial charge in [-0.1, -0.05) is 65.7 Å². The van der Waals surface area contributed by atoms with Gasteiger partial charge in [-0.25, -0.2) is 15.0 Å². The number of halogens is 2. The van der Waals surface area contributed by atoms with Crippen molar-refractivity contribution in [2.75, 3.05) is 18.5 Å². The van der Waals surface area contributed by atoms with E-state index < -0.39 is 0 Å². The Labute approximate surface area is 229 Å². The molecule has 0 fully saturated rings. The Morgan fingerprint density at radius 2 is 1.76 bits per heavy atom. The third-order valence-electron chi connectivity index (χ3n) is 5.68. The van der Waals surface area contributed by atoms with E-state index in [2.05, 4.69) is 25.3 Å². The maximum Gasteiger partial charge on any atom is 0.223 e. The minimum Gasteiger partial charge on any atom is -0.489 e. The molecule has 0 aliphatic carbocycles. The number of benzene rings is 2. The first-order valence-corrected chi connectivity index (χ1v) is 12.7. The molecule has 0 saturated heterocycles. The van der Waals surface area contributed by atoms with Gasteiger partial charge >= 0.3 is 0 Å². The molecule has 0 aliphatic rings. The Bertz CT molecular complexity index is 1510. The van der Waals surface area contributed by atoms with Gasteiger partial charge in [-0.3, -0.25) is 4.98 Å². The first-order valence-electron chi connectivity index (χ1n) is 12.0. The Morgan fingerprint density at radius 1 is 0.947 bits per heavy atom. The van der Waals surface area contributed by atoms with E-state index in [0.29, 0.717) is 69.8 Å². The molecule has 0 amide bonds. The lowest BCUT2D eigenvalue weighted by molar-refractivity contribution is 0.292. The highest BCUT2D eigenvalue weighted by atomic mass is 35.5. The number of aromatic nitrogens is 5. The number of nitrogens with zero attached hydrogens (tertiary/aromatic N) is 4. The SMILES string of the molecule is OCCCNc1nccc(-c2[nH]c(-c3c(Cl)cncc3Cl)nc2-c2cccc(OCc3ccccc3)c2)n1. The van der Waals surface area contributed by atoms with Crippen LogP contribution in [0.15, 0.2) is 79.3 Å². The molecule has 0 spiro atoms. The summed E-state index contributed by atoms with van der Waals surface area (Å²) in [5.74, 6) is 1.63. The molecule has 3 aromatic heterocycles. The van der Waals surface area contributed by atoms with E-state index in [0.717, 1.165) is 11.1 Å². The van der Waals surface area contributed by atoms with Gasteiger partial charge in [-0.2, -0.15) is 0 Å². The summed E-state index contributed by atoms with van der Waals surface area (Å²) in [6, 6.07) is 19.5. The van der Waals surface area contributed by atoms with Crippen molar-refractivity contribution >= 4 is 29.2 Å². The topological polar surface area (TPSA) is 109 Å². The van der Waals surface area contributed by atoms with Crippen LogP contribution in [0.5, 0.6) is 5.75 Å². The van der Waals surface area contributed by atoms with E-state index in [-0.39, 0.29) is 6.61 Å². The maximum absolute atomic E-state index is 9.09. The summed E-state index contributed by atoms with van der Waals surface area (Å²) >= 11 is 12.9. The van der Waals surface area contributed by atoms with Crippen LogP contribution >= 0.6 is 23.2 Å². The van der Waals surface area contributed by atoms with E-state index in [1.54, 1.807) is 12.3 Å². The highest BCUT2D eigenvalue weighted by molar-refractivity contribution is 6.38. The van der Waals surface area contributed by atoms with Crippen molar-refractivity contribution in [1.29, 1.82) is 0 Å². The molecule has 0 unspecified atom stereocenters. The van der Waals surface area contributed by atoms with Crippen LogP contribution in [0.25, 0.3) is 34.0 Å². The second kappa shape index (κ2) is 12.0. The predicted octanol–water partition coefficient (Wildman–Crippen LogP) is 6.28. The van der Waals surface area contributed by atoms with Gasteiger partial charge in [0, 0.05) is 37.3 Å². The third kappa shape index (κ3) is 5.94. The summed E-state index contributed by atoms with van der Waals surface area (Å²) in [4.78, 5) is 21.3. The second-order valence-electron chi connectivity index (χ2n) is 8.36. The zero-order valence-corrected chi connectivity index (χ0v) is 21.7. The molecule has 0 saturated carbocycles. The predicted molar refractivity (Wildman–Crippen MR) is 149 cm³/mol. The summed E-state index contributed by atoms with van der Waals surface area (Å²) in [5.41, 5.74) is 4.37. The van der Waals surface area contributed by atoms with Crippen molar-refractivity contribution in [2.45, 2.75) is 13.0 Å². The molecule has 8 nitrogen and oxygen atoms in total. The molecule has 3 N–H and O–H groups in total. The molecule has 0 atom stereocenters. The second-order valence-corrected chi connectivity index (χ2v) is 9.17. The number of aliphatic hydroxyl groups is 1. The van der Waals surface area contributed by atoms with Gasteiger partial charge in [0.05, 0.1) is 32.7 Å². The third-order valence-corrected chi connectivity index (χ3v) is 6.25. The van der Waals surface area contributed by atoms with Crippen molar-refractivity contribution in [2.24, 2.45) is 0 Å². The first kappa shape index (κ1) is 25.7. The lowest BCUT2D eigenvalue weighted by Gasteiger charge is -2.09. The summed E-state index contributed by atoms with van der Waals surface area (Å²) in [6.45, 7) is 1.07. The maximum atomic E-state index is 9.09. The fourth-order valence-corrected chi connectivity index (χ4v) is 4.40. The first-order chi connectivity index (χ1) is 18.6. The number of ether oxygens (including phenoxy) is 1. The van der Waals surface area contributed by atoms with Crippen LogP contribution in [-0.2, 0) is 6.61 Å². The Morgan fingerprint density at radius 3 is 2.55 bits per heavy atom. The lowest BCUT2D eigenvalue weighted by Crippen LogP contribution is -2.07. The number of aromatic amines is 1. The molecule has 5 rings (SSSR count). The Hall–Kier alpha value is -3.98. The number of aliphatic hydroxyl groups excluding tert-OH is 1. The molecule has 38 heavy (non-hydrogen) atoms. The fraction of sp³-hybridized carbons (Fsp3) is 0.143. The highest BCUT2D eigenvalue weighted by Gasteiger charge is 2.20. The molecule has 10 heteroatoms. The molecular weight excluding hydrogens is 523 g/mol. The summed E-state index contributed by atoms with van der Waals surface area (Å²) in [5, 5.41) is 13.0. The van der Waals surface area contributed by atoms with Crippen molar-refractivity contribution in [3.05, 3.63) is 94.9 Å². The van der Waals surface area contributed by atoms with Gasteiger partial charge in [-0.05, 0) is 30.2 Å². The average Bonchev–Trinajstić information content (AvgIpc) is 3.38. The summed E-state index contributed by atoms with van der Waals surface area (Å²) < 4.78 is 6.06. The van der Waals surface area contributed by atoms with Crippen molar-refractivity contribution < 1.29 is 9.84 Å². The van der Waals surface area contributed by atoms with Gasteiger partial charge in [0.25, 0.3) is 0 Å².